The van der Waals surface area contributed by atoms with Gasteiger partial charge >= 0.3 is 0 Å². The lowest BCUT2D eigenvalue weighted by Gasteiger charge is -2.13. The van der Waals surface area contributed by atoms with Gasteiger partial charge in [-0.2, -0.15) is 0 Å². The Labute approximate surface area is 146 Å². The molecule has 0 atom stereocenters. The summed E-state index contributed by atoms with van der Waals surface area (Å²) in [6.07, 6.45) is 0. The fourth-order valence-electron chi connectivity index (χ4n) is 2.34. The molecule has 0 aliphatic heterocycles. The van der Waals surface area contributed by atoms with Crippen LogP contribution in [0.5, 0.6) is 17.2 Å². The Morgan fingerprint density at radius 3 is 2.48 bits per heavy atom. The molecule has 1 amide bonds. The van der Waals surface area contributed by atoms with Crippen LogP contribution < -0.4 is 25.1 Å². The van der Waals surface area contributed by atoms with E-state index in [0.717, 1.165) is 5.69 Å². The Morgan fingerprint density at radius 2 is 1.84 bits per heavy atom. The zero-order valence-corrected chi connectivity index (χ0v) is 14.6. The highest BCUT2D eigenvalue weighted by atomic mass is 16.5. The molecule has 0 unspecified atom stereocenters. The second-order valence-corrected chi connectivity index (χ2v) is 5.32. The molecule has 1 aromatic heterocycles. The van der Waals surface area contributed by atoms with E-state index in [1.54, 1.807) is 28.8 Å². The molecule has 7 heteroatoms. The molecule has 0 aliphatic rings. The quantitative estimate of drug-likeness (QED) is 0.781. The van der Waals surface area contributed by atoms with Gasteiger partial charge in [-0.25, -0.2) is 0 Å². The van der Waals surface area contributed by atoms with Crippen molar-refractivity contribution in [1.82, 2.24) is 9.88 Å². The van der Waals surface area contributed by atoms with Crippen LogP contribution in [0.15, 0.2) is 41.2 Å². The van der Waals surface area contributed by atoms with Gasteiger partial charge < -0.3 is 24.1 Å². The molecule has 25 heavy (non-hydrogen) atoms. The predicted octanol–water partition coefficient (Wildman–Crippen LogP) is 1.37. The molecule has 0 aliphatic carbocycles. The Bertz CT molecular complexity index is 785. The number of benzene rings is 1. The summed E-state index contributed by atoms with van der Waals surface area (Å²) >= 11 is 0. The summed E-state index contributed by atoms with van der Waals surface area (Å²) in [6.45, 7) is 2.38. The molecule has 0 bridgehead atoms. The van der Waals surface area contributed by atoms with E-state index in [4.69, 9.17) is 14.2 Å². The lowest BCUT2D eigenvalue weighted by Crippen LogP contribution is -2.34. The molecular formula is C18H22N2O5. The SMILES string of the molecule is COc1cc(C)n(CCNC(=O)COc2ccccc2OC)c(=O)c1. The first-order valence-electron chi connectivity index (χ1n) is 7.83. The van der Waals surface area contributed by atoms with Gasteiger partial charge in [0.25, 0.3) is 11.5 Å². The van der Waals surface area contributed by atoms with Gasteiger partial charge in [-0.3, -0.25) is 9.59 Å². The van der Waals surface area contributed by atoms with Gasteiger partial charge in [-0.15, -0.1) is 0 Å². The number of nitrogens with zero attached hydrogens (tertiary/aromatic N) is 1. The highest BCUT2D eigenvalue weighted by molar-refractivity contribution is 5.77. The third-order valence-corrected chi connectivity index (χ3v) is 3.63. The Kier molecular flexibility index (Phi) is 6.45. The van der Waals surface area contributed by atoms with Crippen molar-refractivity contribution in [1.29, 1.82) is 0 Å². The molecule has 2 aromatic rings. The van der Waals surface area contributed by atoms with Gasteiger partial charge in [-0.05, 0) is 25.1 Å². The molecular weight excluding hydrogens is 324 g/mol. The minimum atomic E-state index is -0.273. The lowest BCUT2D eigenvalue weighted by atomic mass is 10.3. The number of aryl methyl sites for hydroxylation is 1. The van der Waals surface area contributed by atoms with Crippen LogP contribution in [0.4, 0.5) is 0 Å². The molecule has 1 heterocycles. The molecule has 134 valence electrons. The fourth-order valence-corrected chi connectivity index (χ4v) is 2.34. The second kappa shape index (κ2) is 8.77. The van der Waals surface area contributed by atoms with Crippen LogP contribution in [0, 0.1) is 6.92 Å². The molecule has 0 spiro atoms. The van der Waals surface area contributed by atoms with Crippen LogP contribution in [-0.2, 0) is 11.3 Å². The van der Waals surface area contributed by atoms with E-state index in [0.29, 0.717) is 30.3 Å². The van der Waals surface area contributed by atoms with E-state index in [9.17, 15) is 9.59 Å². The normalized spacial score (nSPS) is 10.2. The Morgan fingerprint density at radius 1 is 1.12 bits per heavy atom. The highest BCUT2D eigenvalue weighted by Gasteiger charge is 2.08. The van der Waals surface area contributed by atoms with Crippen molar-refractivity contribution >= 4 is 5.91 Å². The minimum Gasteiger partial charge on any atom is -0.496 e. The number of nitrogens with one attached hydrogen (secondary N) is 1. The number of aromatic nitrogens is 1. The number of para-hydroxylation sites is 2. The average Bonchev–Trinajstić information content (AvgIpc) is 2.62. The van der Waals surface area contributed by atoms with Crippen LogP contribution in [0.1, 0.15) is 5.69 Å². The van der Waals surface area contributed by atoms with Crippen LogP contribution in [-0.4, -0.2) is 37.8 Å². The number of methoxy groups -OCH3 is 2. The number of carbonyl (C=O) groups is 1. The summed E-state index contributed by atoms with van der Waals surface area (Å²) in [4.78, 5) is 23.9. The van der Waals surface area contributed by atoms with Crippen molar-refractivity contribution in [2.45, 2.75) is 13.5 Å². The average molecular weight is 346 g/mol. The van der Waals surface area contributed by atoms with Gasteiger partial charge in [0.05, 0.1) is 14.2 Å². The number of amides is 1. The summed E-state index contributed by atoms with van der Waals surface area (Å²) in [7, 11) is 3.05. The lowest BCUT2D eigenvalue weighted by molar-refractivity contribution is -0.123. The summed E-state index contributed by atoms with van der Waals surface area (Å²) < 4.78 is 17.2. The summed E-state index contributed by atoms with van der Waals surface area (Å²) in [6, 6.07) is 10.3. The number of rotatable bonds is 8. The Balaban J connectivity index is 1.84. The number of ether oxygens (including phenoxy) is 3. The van der Waals surface area contributed by atoms with Crippen molar-refractivity contribution in [3.8, 4) is 17.2 Å². The van der Waals surface area contributed by atoms with Gasteiger partial charge in [0.2, 0.25) is 0 Å². The van der Waals surface area contributed by atoms with E-state index in [1.165, 1.54) is 20.3 Å². The largest absolute Gasteiger partial charge is 0.496 e. The number of hydrogen-bond donors (Lipinski definition) is 1. The van der Waals surface area contributed by atoms with Crippen molar-refractivity contribution in [3.63, 3.8) is 0 Å². The fraction of sp³-hybridized carbons (Fsp3) is 0.333. The molecule has 1 aromatic carbocycles. The summed E-state index contributed by atoms with van der Waals surface area (Å²) in [5.41, 5.74) is 0.597. The molecule has 2 rings (SSSR count). The van der Waals surface area contributed by atoms with E-state index < -0.39 is 0 Å². The zero-order chi connectivity index (χ0) is 18.2. The number of pyridine rings is 1. The third kappa shape index (κ3) is 5.00. The minimum absolute atomic E-state index is 0.128. The predicted molar refractivity (Wildman–Crippen MR) is 93.5 cm³/mol. The van der Waals surface area contributed by atoms with E-state index in [-0.39, 0.29) is 18.1 Å². The summed E-state index contributed by atoms with van der Waals surface area (Å²) in [5.74, 6) is 1.32. The first-order chi connectivity index (χ1) is 12.0. The smallest absolute Gasteiger partial charge is 0.258 e. The molecule has 1 N–H and O–H groups in total. The van der Waals surface area contributed by atoms with Crippen molar-refractivity contribution < 1.29 is 19.0 Å². The van der Waals surface area contributed by atoms with E-state index in [2.05, 4.69) is 5.32 Å². The van der Waals surface area contributed by atoms with Crippen LogP contribution >= 0.6 is 0 Å². The summed E-state index contributed by atoms with van der Waals surface area (Å²) in [5, 5.41) is 2.73. The maximum Gasteiger partial charge on any atom is 0.258 e. The van der Waals surface area contributed by atoms with Crippen LogP contribution in [0.2, 0.25) is 0 Å². The van der Waals surface area contributed by atoms with Gasteiger partial charge in [0, 0.05) is 24.8 Å². The molecule has 0 fully saturated rings. The highest BCUT2D eigenvalue weighted by Crippen LogP contribution is 2.25. The van der Waals surface area contributed by atoms with Gasteiger partial charge in [0.1, 0.15) is 5.75 Å². The van der Waals surface area contributed by atoms with Gasteiger partial charge in [-0.1, -0.05) is 12.1 Å². The molecule has 0 radical (unpaired) electrons. The number of hydrogen-bond acceptors (Lipinski definition) is 5. The molecule has 0 saturated heterocycles. The first-order valence-corrected chi connectivity index (χ1v) is 7.83. The van der Waals surface area contributed by atoms with Crippen LogP contribution in [0.25, 0.3) is 0 Å². The van der Waals surface area contributed by atoms with Crippen LogP contribution in [0.3, 0.4) is 0 Å². The monoisotopic (exact) mass is 346 g/mol. The standard InChI is InChI=1S/C18H22N2O5/c1-13-10-14(23-2)11-18(22)20(13)9-8-19-17(21)12-25-16-7-5-4-6-15(16)24-3/h4-7,10-11H,8-9,12H2,1-3H3,(H,19,21). The number of carbonyl (C=O) groups excluding carboxylic acids is 1. The van der Waals surface area contributed by atoms with Gasteiger partial charge in [0.15, 0.2) is 18.1 Å². The third-order valence-electron chi connectivity index (χ3n) is 3.63. The van der Waals surface area contributed by atoms with E-state index in [1.807, 2.05) is 13.0 Å². The maximum atomic E-state index is 12.0. The first kappa shape index (κ1) is 18.4. The molecule has 0 saturated carbocycles. The van der Waals surface area contributed by atoms with Crippen molar-refractivity contribution in [2.24, 2.45) is 0 Å². The zero-order valence-electron chi connectivity index (χ0n) is 14.6. The van der Waals surface area contributed by atoms with E-state index >= 15 is 0 Å². The van der Waals surface area contributed by atoms with Crippen molar-refractivity contribution in [3.05, 3.63) is 52.4 Å². The maximum absolute atomic E-state index is 12.0. The Hall–Kier alpha value is -2.96. The molecule has 7 nitrogen and oxygen atoms in total. The second-order valence-electron chi connectivity index (χ2n) is 5.32. The topological polar surface area (TPSA) is 78.8 Å². The van der Waals surface area contributed by atoms with Crippen molar-refractivity contribution in [2.75, 3.05) is 27.4 Å².